The number of benzene rings is 1. The first-order valence-electron chi connectivity index (χ1n) is 6.39. The van der Waals surface area contributed by atoms with Gasteiger partial charge in [0.1, 0.15) is 0 Å². The van der Waals surface area contributed by atoms with Gasteiger partial charge >= 0.3 is 0 Å². The van der Waals surface area contributed by atoms with Crippen molar-refractivity contribution in [2.24, 2.45) is 0 Å². The lowest BCUT2D eigenvalue weighted by molar-refractivity contribution is 0.102. The minimum atomic E-state index is 0.209. The minimum absolute atomic E-state index is 0.209. The van der Waals surface area contributed by atoms with Crippen LogP contribution >= 0.6 is 11.8 Å². The molecular formula is C16H19NOS. The van der Waals surface area contributed by atoms with Gasteiger partial charge in [-0.3, -0.25) is 4.79 Å². The summed E-state index contributed by atoms with van der Waals surface area (Å²) in [7, 11) is 0. The van der Waals surface area contributed by atoms with Gasteiger partial charge in [0.15, 0.2) is 5.78 Å². The lowest BCUT2D eigenvalue weighted by Gasteiger charge is -2.04. The molecule has 0 aliphatic carbocycles. The monoisotopic (exact) mass is 273 g/mol. The standard InChI is InChI=1S/C16H19NOS/c1-11-6-4-5-7-14(11)9-19-10-16(18)15-8-12(2)17-13(15)3/h4-8,17H,9-10H2,1-3H3. The second-order valence-corrected chi connectivity index (χ2v) is 5.82. The van der Waals surface area contributed by atoms with Crippen LogP contribution in [-0.4, -0.2) is 16.5 Å². The van der Waals surface area contributed by atoms with Gasteiger partial charge in [-0.25, -0.2) is 0 Å². The molecule has 0 aliphatic rings. The fourth-order valence-corrected chi connectivity index (χ4v) is 3.10. The lowest BCUT2D eigenvalue weighted by Crippen LogP contribution is -2.03. The Balaban J connectivity index is 1.91. The van der Waals surface area contributed by atoms with E-state index < -0.39 is 0 Å². The summed E-state index contributed by atoms with van der Waals surface area (Å²) in [6, 6.07) is 10.3. The first-order chi connectivity index (χ1) is 9.08. The third-order valence-electron chi connectivity index (χ3n) is 3.20. The number of rotatable bonds is 5. The molecule has 2 nitrogen and oxygen atoms in total. The number of hydrogen-bond donors (Lipinski definition) is 1. The van der Waals surface area contributed by atoms with E-state index in [1.807, 2.05) is 32.0 Å². The third-order valence-corrected chi connectivity index (χ3v) is 4.18. The summed E-state index contributed by atoms with van der Waals surface area (Å²) >= 11 is 1.68. The van der Waals surface area contributed by atoms with E-state index in [0.717, 1.165) is 22.7 Å². The van der Waals surface area contributed by atoms with E-state index in [4.69, 9.17) is 0 Å². The average molecular weight is 273 g/mol. The van der Waals surface area contributed by atoms with Crippen molar-refractivity contribution in [3.8, 4) is 0 Å². The molecule has 0 unspecified atom stereocenters. The van der Waals surface area contributed by atoms with Crippen molar-refractivity contribution in [1.29, 1.82) is 0 Å². The van der Waals surface area contributed by atoms with Gasteiger partial charge < -0.3 is 4.98 Å². The Labute approximate surface area is 118 Å². The molecule has 1 aromatic heterocycles. The highest BCUT2D eigenvalue weighted by molar-refractivity contribution is 7.99. The molecule has 2 rings (SSSR count). The van der Waals surface area contributed by atoms with Gasteiger partial charge in [0.25, 0.3) is 0 Å². The van der Waals surface area contributed by atoms with Gasteiger partial charge in [-0.05, 0) is 38.0 Å². The van der Waals surface area contributed by atoms with E-state index in [2.05, 4.69) is 24.0 Å². The first kappa shape index (κ1) is 13.9. The second kappa shape index (κ2) is 6.11. The maximum absolute atomic E-state index is 12.1. The summed E-state index contributed by atoms with van der Waals surface area (Å²) in [5.41, 5.74) is 5.44. The average Bonchev–Trinajstić information content (AvgIpc) is 2.71. The molecule has 0 saturated carbocycles. The summed E-state index contributed by atoms with van der Waals surface area (Å²) in [4.78, 5) is 15.3. The van der Waals surface area contributed by atoms with Crippen molar-refractivity contribution < 1.29 is 4.79 Å². The van der Waals surface area contributed by atoms with Gasteiger partial charge in [0, 0.05) is 22.7 Å². The van der Waals surface area contributed by atoms with E-state index in [1.54, 1.807) is 11.8 Å². The van der Waals surface area contributed by atoms with Gasteiger partial charge in [0.05, 0.1) is 5.75 Å². The van der Waals surface area contributed by atoms with Crippen LogP contribution in [0.2, 0.25) is 0 Å². The van der Waals surface area contributed by atoms with Crippen LogP contribution in [0.3, 0.4) is 0 Å². The predicted molar refractivity (Wildman–Crippen MR) is 81.9 cm³/mol. The molecule has 1 N–H and O–H groups in total. The maximum Gasteiger partial charge on any atom is 0.174 e. The molecule has 0 amide bonds. The summed E-state index contributed by atoms with van der Waals surface area (Å²) in [5, 5.41) is 0. The summed E-state index contributed by atoms with van der Waals surface area (Å²) in [6.07, 6.45) is 0. The number of nitrogens with one attached hydrogen (secondary N) is 1. The second-order valence-electron chi connectivity index (χ2n) is 4.83. The Hall–Kier alpha value is -1.48. The van der Waals surface area contributed by atoms with Crippen LogP contribution in [0.4, 0.5) is 0 Å². The van der Waals surface area contributed by atoms with Crippen LogP contribution in [0.25, 0.3) is 0 Å². The molecular weight excluding hydrogens is 254 g/mol. The van der Waals surface area contributed by atoms with Crippen molar-refractivity contribution in [2.75, 3.05) is 5.75 Å². The highest BCUT2D eigenvalue weighted by atomic mass is 32.2. The zero-order valence-corrected chi connectivity index (χ0v) is 12.4. The molecule has 2 aromatic rings. The molecule has 19 heavy (non-hydrogen) atoms. The molecule has 0 spiro atoms. The lowest BCUT2D eigenvalue weighted by atomic mass is 10.1. The van der Waals surface area contributed by atoms with E-state index in [-0.39, 0.29) is 5.78 Å². The molecule has 3 heteroatoms. The summed E-state index contributed by atoms with van der Waals surface area (Å²) < 4.78 is 0. The van der Waals surface area contributed by atoms with Crippen LogP contribution in [0.1, 0.15) is 32.9 Å². The number of aromatic nitrogens is 1. The highest BCUT2D eigenvalue weighted by Crippen LogP contribution is 2.18. The van der Waals surface area contributed by atoms with Crippen LogP contribution in [0.5, 0.6) is 0 Å². The Morgan fingerprint density at radius 3 is 2.58 bits per heavy atom. The zero-order chi connectivity index (χ0) is 13.8. The van der Waals surface area contributed by atoms with Gasteiger partial charge in [-0.2, -0.15) is 0 Å². The quantitative estimate of drug-likeness (QED) is 0.833. The van der Waals surface area contributed by atoms with E-state index in [9.17, 15) is 4.79 Å². The van der Waals surface area contributed by atoms with Gasteiger partial charge in [-0.1, -0.05) is 24.3 Å². The molecule has 1 aromatic carbocycles. The third kappa shape index (κ3) is 3.51. The fourth-order valence-electron chi connectivity index (χ4n) is 2.12. The van der Waals surface area contributed by atoms with Crippen molar-refractivity contribution in [1.82, 2.24) is 4.98 Å². The Morgan fingerprint density at radius 2 is 1.95 bits per heavy atom. The number of H-pyrrole nitrogens is 1. The molecule has 0 saturated heterocycles. The summed E-state index contributed by atoms with van der Waals surface area (Å²) in [5.74, 6) is 1.63. The number of carbonyl (C=O) groups excluding carboxylic acids is 1. The van der Waals surface area contributed by atoms with Crippen LogP contribution < -0.4 is 0 Å². The number of ketones is 1. The topological polar surface area (TPSA) is 32.9 Å². The number of carbonyl (C=O) groups is 1. The number of aryl methyl sites for hydroxylation is 3. The number of aromatic amines is 1. The first-order valence-corrected chi connectivity index (χ1v) is 7.55. The molecule has 0 bridgehead atoms. The molecule has 0 atom stereocenters. The van der Waals surface area contributed by atoms with Gasteiger partial charge in [-0.15, -0.1) is 11.8 Å². The molecule has 0 fully saturated rings. The SMILES string of the molecule is Cc1cc(C(=O)CSCc2ccccc2C)c(C)[nH]1. The van der Waals surface area contributed by atoms with E-state index in [0.29, 0.717) is 5.75 Å². The van der Waals surface area contributed by atoms with Crippen LogP contribution in [0, 0.1) is 20.8 Å². The summed E-state index contributed by atoms with van der Waals surface area (Å²) in [6.45, 7) is 6.04. The smallest absolute Gasteiger partial charge is 0.174 e. The molecule has 100 valence electrons. The number of thioether (sulfide) groups is 1. The van der Waals surface area contributed by atoms with E-state index >= 15 is 0 Å². The fraction of sp³-hybridized carbons (Fsp3) is 0.312. The minimum Gasteiger partial charge on any atom is -0.362 e. The maximum atomic E-state index is 12.1. The molecule has 0 aliphatic heterocycles. The number of Topliss-reactive ketones (excluding diaryl/α,β-unsaturated/α-hetero) is 1. The van der Waals surface area contributed by atoms with Crippen molar-refractivity contribution in [3.63, 3.8) is 0 Å². The predicted octanol–water partition coefficient (Wildman–Crippen LogP) is 4.06. The zero-order valence-electron chi connectivity index (χ0n) is 11.6. The Kier molecular flexibility index (Phi) is 4.48. The van der Waals surface area contributed by atoms with Crippen LogP contribution in [-0.2, 0) is 5.75 Å². The van der Waals surface area contributed by atoms with Gasteiger partial charge in [0.2, 0.25) is 0 Å². The molecule has 0 radical (unpaired) electrons. The van der Waals surface area contributed by atoms with E-state index in [1.165, 1.54) is 11.1 Å². The largest absolute Gasteiger partial charge is 0.362 e. The van der Waals surface area contributed by atoms with Crippen molar-refractivity contribution in [2.45, 2.75) is 26.5 Å². The Bertz CT molecular complexity index is 586. The normalized spacial score (nSPS) is 10.7. The highest BCUT2D eigenvalue weighted by Gasteiger charge is 2.11. The van der Waals surface area contributed by atoms with Crippen LogP contribution in [0.15, 0.2) is 30.3 Å². The number of hydrogen-bond acceptors (Lipinski definition) is 2. The Morgan fingerprint density at radius 1 is 1.21 bits per heavy atom. The van der Waals surface area contributed by atoms with Crippen molar-refractivity contribution in [3.05, 3.63) is 58.4 Å². The molecule has 1 heterocycles. The van der Waals surface area contributed by atoms with Crippen molar-refractivity contribution >= 4 is 17.5 Å².